The molecule has 0 bridgehead atoms. The lowest BCUT2D eigenvalue weighted by atomic mass is 10.1. The molecule has 4 rings (SSSR count). The second-order valence-electron chi connectivity index (χ2n) is 6.96. The zero-order valence-electron chi connectivity index (χ0n) is 15.1. The van der Waals surface area contributed by atoms with Crippen molar-refractivity contribution >= 4 is 5.91 Å². The van der Waals surface area contributed by atoms with E-state index in [4.69, 9.17) is 9.47 Å². The summed E-state index contributed by atoms with van der Waals surface area (Å²) in [6.45, 7) is 4.59. The highest BCUT2D eigenvalue weighted by atomic mass is 19.1. The van der Waals surface area contributed by atoms with Gasteiger partial charge in [-0.2, -0.15) is 0 Å². The highest BCUT2D eigenvalue weighted by molar-refractivity contribution is 5.97. The van der Waals surface area contributed by atoms with Crippen molar-refractivity contribution in [2.45, 2.75) is 12.6 Å². The molecule has 0 unspecified atom stereocenters. The van der Waals surface area contributed by atoms with E-state index in [0.717, 1.165) is 18.7 Å². The van der Waals surface area contributed by atoms with E-state index in [-0.39, 0.29) is 17.8 Å². The van der Waals surface area contributed by atoms with Crippen LogP contribution in [0.15, 0.2) is 48.5 Å². The van der Waals surface area contributed by atoms with Gasteiger partial charge in [-0.3, -0.25) is 9.69 Å². The van der Waals surface area contributed by atoms with Crippen LogP contribution in [0.4, 0.5) is 4.39 Å². The summed E-state index contributed by atoms with van der Waals surface area (Å²) in [6.07, 6.45) is 0.0391. The number of hydrogen-bond acceptors (Lipinski definition) is 4. The summed E-state index contributed by atoms with van der Waals surface area (Å²) in [6, 6.07) is 14.1. The molecule has 2 saturated heterocycles. The Balaban J connectivity index is 1.35. The number of para-hydroxylation sites is 1. The third-order valence-corrected chi connectivity index (χ3v) is 4.93. The Kier molecular flexibility index (Phi) is 5.36. The van der Waals surface area contributed by atoms with Gasteiger partial charge in [0.2, 0.25) is 0 Å². The molecule has 6 heteroatoms. The first-order chi connectivity index (χ1) is 13.2. The summed E-state index contributed by atoms with van der Waals surface area (Å²) in [5.74, 6) is 0.408. The number of benzene rings is 2. The van der Waals surface area contributed by atoms with Crippen LogP contribution in [0.5, 0.6) is 5.75 Å². The van der Waals surface area contributed by atoms with Crippen LogP contribution in [-0.2, 0) is 11.3 Å². The lowest BCUT2D eigenvalue weighted by Crippen LogP contribution is -2.53. The Hall–Kier alpha value is -2.44. The Morgan fingerprint density at radius 3 is 2.67 bits per heavy atom. The van der Waals surface area contributed by atoms with E-state index in [1.807, 2.05) is 35.2 Å². The fourth-order valence-corrected chi connectivity index (χ4v) is 3.48. The molecule has 2 aliphatic rings. The molecule has 0 aromatic heterocycles. The molecule has 0 atom stereocenters. The summed E-state index contributed by atoms with van der Waals surface area (Å²) in [4.78, 5) is 16.8. The van der Waals surface area contributed by atoms with Crippen molar-refractivity contribution in [1.29, 1.82) is 0 Å². The summed E-state index contributed by atoms with van der Waals surface area (Å²) >= 11 is 0. The summed E-state index contributed by atoms with van der Waals surface area (Å²) in [5, 5.41) is 0. The van der Waals surface area contributed by atoms with Crippen molar-refractivity contribution in [3.63, 3.8) is 0 Å². The van der Waals surface area contributed by atoms with E-state index in [9.17, 15) is 9.18 Å². The van der Waals surface area contributed by atoms with Gasteiger partial charge in [-0.1, -0.05) is 24.3 Å². The topological polar surface area (TPSA) is 42.0 Å². The SMILES string of the molecule is O=C(c1ccccc1OC1CN(Cc2cccc(F)c2)C1)N1CCOCC1. The van der Waals surface area contributed by atoms with Gasteiger partial charge < -0.3 is 14.4 Å². The van der Waals surface area contributed by atoms with Crippen LogP contribution in [0.3, 0.4) is 0 Å². The Bertz CT molecular complexity index is 802. The number of ether oxygens (including phenoxy) is 2. The number of rotatable bonds is 5. The zero-order valence-corrected chi connectivity index (χ0v) is 15.1. The van der Waals surface area contributed by atoms with Gasteiger partial charge in [0.15, 0.2) is 0 Å². The Labute approximate surface area is 158 Å². The van der Waals surface area contributed by atoms with E-state index in [1.54, 1.807) is 12.1 Å². The summed E-state index contributed by atoms with van der Waals surface area (Å²) < 4.78 is 24.7. The van der Waals surface area contributed by atoms with Gasteiger partial charge in [-0.25, -0.2) is 4.39 Å². The second kappa shape index (κ2) is 8.06. The maximum absolute atomic E-state index is 13.3. The lowest BCUT2D eigenvalue weighted by molar-refractivity contribution is 0.0125. The van der Waals surface area contributed by atoms with Gasteiger partial charge in [0.1, 0.15) is 17.7 Å². The first-order valence-corrected chi connectivity index (χ1v) is 9.28. The Morgan fingerprint density at radius 2 is 1.89 bits per heavy atom. The highest BCUT2D eigenvalue weighted by Crippen LogP contribution is 2.25. The first kappa shape index (κ1) is 17.9. The van der Waals surface area contributed by atoms with Crippen molar-refractivity contribution in [3.05, 3.63) is 65.5 Å². The number of halogens is 1. The van der Waals surface area contributed by atoms with Gasteiger partial charge in [0.25, 0.3) is 5.91 Å². The molecule has 0 spiro atoms. The number of carbonyl (C=O) groups is 1. The molecule has 5 nitrogen and oxygen atoms in total. The normalized spacial score (nSPS) is 18.2. The van der Waals surface area contributed by atoms with Crippen LogP contribution in [0, 0.1) is 5.82 Å². The van der Waals surface area contributed by atoms with Crippen LogP contribution in [0.1, 0.15) is 15.9 Å². The van der Waals surface area contributed by atoms with Crippen LogP contribution in [0.2, 0.25) is 0 Å². The number of amides is 1. The molecule has 0 radical (unpaired) electrons. The van der Waals surface area contributed by atoms with Crippen molar-refractivity contribution in [2.75, 3.05) is 39.4 Å². The van der Waals surface area contributed by atoms with Gasteiger partial charge in [-0.05, 0) is 29.8 Å². The molecule has 2 aromatic carbocycles. The molecule has 1 amide bonds. The van der Waals surface area contributed by atoms with Crippen LogP contribution in [0.25, 0.3) is 0 Å². The minimum Gasteiger partial charge on any atom is -0.487 e. The molecule has 2 aliphatic heterocycles. The fraction of sp³-hybridized carbons (Fsp3) is 0.381. The molecule has 27 heavy (non-hydrogen) atoms. The smallest absolute Gasteiger partial charge is 0.257 e. The minimum atomic E-state index is -0.212. The maximum atomic E-state index is 13.3. The van der Waals surface area contributed by atoms with Crippen molar-refractivity contribution in [1.82, 2.24) is 9.80 Å². The zero-order chi connectivity index (χ0) is 18.6. The van der Waals surface area contributed by atoms with E-state index < -0.39 is 0 Å². The van der Waals surface area contributed by atoms with Gasteiger partial charge >= 0.3 is 0 Å². The number of carbonyl (C=O) groups excluding carboxylic acids is 1. The van der Waals surface area contributed by atoms with E-state index >= 15 is 0 Å². The largest absolute Gasteiger partial charge is 0.487 e. The number of morpholine rings is 1. The Morgan fingerprint density at radius 1 is 1.11 bits per heavy atom. The number of likely N-dealkylation sites (tertiary alicyclic amines) is 1. The maximum Gasteiger partial charge on any atom is 0.257 e. The van der Waals surface area contributed by atoms with Crippen molar-refractivity contribution in [2.24, 2.45) is 0 Å². The highest BCUT2D eigenvalue weighted by Gasteiger charge is 2.30. The monoisotopic (exact) mass is 370 g/mol. The van der Waals surface area contributed by atoms with Gasteiger partial charge in [0, 0.05) is 32.7 Å². The average Bonchev–Trinajstić information content (AvgIpc) is 2.67. The van der Waals surface area contributed by atoms with Crippen molar-refractivity contribution in [3.8, 4) is 5.75 Å². The van der Waals surface area contributed by atoms with E-state index in [0.29, 0.717) is 44.2 Å². The predicted octanol–water partition coefficient (Wildman–Crippen LogP) is 2.56. The predicted molar refractivity (Wildman–Crippen MR) is 99.3 cm³/mol. The standard InChI is InChI=1S/C21H23FN2O3/c22-17-5-3-4-16(12-17)13-23-14-18(15-23)27-20-7-2-1-6-19(20)21(25)24-8-10-26-11-9-24/h1-7,12,18H,8-11,13-15H2. The van der Waals surface area contributed by atoms with Crippen molar-refractivity contribution < 1.29 is 18.7 Å². The summed E-state index contributed by atoms with van der Waals surface area (Å²) in [7, 11) is 0. The molecule has 0 saturated carbocycles. The van der Waals surface area contributed by atoms with E-state index in [2.05, 4.69) is 4.90 Å². The minimum absolute atomic E-state index is 0.00941. The quantitative estimate of drug-likeness (QED) is 0.811. The van der Waals surface area contributed by atoms with Crippen LogP contribution >= 0.6 is 0 Å². The molecule has 142 valence electrons. The third-order valence-electron chi connectivity index (χ3n) is 4.93. The second-order valence-corrected chi connectivity index (χ2v) is 6.96. The van der Waals surface area contributed by atoms with Gasteiger partial charge in [-0.15, -0.1) is 0 Å². The molecule has 2 fully saturated rings. The average molecular weight is 370 g/mol. The van der Waals surface area contributed by atoms with Crippen LogP contribution < -0.4 is 4.74 Å². The van der Waals surface area contributed by atoms with E-state index in [1.165, 1.54) is 6.07 Å². The molecular weight excluding hydrogens is 347 g/mol. The molecular formula is C21H23FN2O3. The molecule has 2 aromatic rings. The fourth-order valence-electron chi connectivity index (χ4n) is 3.48. The molecule has 0 N–H and O–H groups in total. The first-order valence-electron chi connectivity index (χ1n) is 9.28. The summed E-state index contributed by atoms with van der Waals surface area (Å²) in [5.41, 5.74) is 1.55. The lowest BCUT2D eigenvalue weighted by Gasteiger charge is -2.39. The number of nitrogens with zero attached hydrogens (tertiary/aromatic N) is 2. The van der Waals surface area contributed by atoms with Crippen LogP contribution in [-0.4, -0.2) is 61.2 Å². The molecule has 2 heterocycles. The number of hydrogen-bond donors (Lipinski definition) is 0. The van der Waals surface area contributed by atoms with Gasteiger partial charge in [0.05, 0.1) is 18.8 Å². The third kappa shape index (κ3) is 4.28. The molecule has 0 aliphatic carbocycles.